The molecule has 0 bridgehead atoms. The molecule has 0 radical (unpaired) electrons. The Balaban J connectivity index is 2.48. The number of benzene rings is 1. The molecule has 0 amide bonds. The third kappa shape index (κ3) is 2.05. The van der Waals surface area contributed by atoms with Gasteiger partial charge >= 0.3 is 0 Å². The van der Waals surface area contributed by atoms with E-state index in [4.69, 9.17) is 4.42 Å². The first-order chi connectivity index (χ1) is 8.69. The Hall–Kier alpha value is -2.34. The summed E-state index contributed by atoms with van der Waals surface area (Å²) in [6.45, 7) is 1.45. The summed E-state index contributed by atoms with van der Waals surface area (Å²) in [5.41, 5.74) is 0.433. The second kappa shape index (κ2) is 4.89. The standard InChI is InChI=1S/C15H13NO2/c1-12(17)15(11-16,9-13-7-8-18-10-13)14-5-3-2-4-6-14/h2-8,10H,9H2,1H3. The molecule has 0 spiro atoms. The molecule has 3 nitrogen and oxygen atoms in total. The van der Waals surface area contributed by atoms with Crippen LogP contribution in [0.5, 0.6) is 0 Å². The molecular formula is C15H13NO2. The van der Waals surface area contributed by atoms with E-state index < -0.39 is 5.41 Å². The smallest absolute Gasteiger partial charge is 0.154 e. The van der Waals surface area contributed by atoms with Gasteiger partial charge in [-0.05, 0) is 24.1 Å². The quantitative estimate of drug-likeness (QED) is 0.824. The molecular weight excluding hydrogens is 226 g/mol. The van der Waals surface area contributed by atoms with Crippen molar-refractivity contribution in [3.63, 3.8) is 0 Å². The number of ketones is 1. The van der Waals surface area contributed by atoms with Crippen LogP contribution in [-0.2, 0) is 16.6 Å². The van der Waals surface area contributed by atoms with Gasteiger partial charge in [-0.15, -0.1) is 0 Å². The molecule has 1 aromatic heterocycles. The van der Waals surface area contributed by atoms with Crippen molar-refractivity contribution in [3.8, 4) is 6.07 Å². The number of nitriles is 1. The predicted octanol–water partition coefficient (Wildman–Crippen LogP) is 2.87. The number of hydrogen-bond donors (Lipinski definition) is 0. The summed E-state index contributed by atoms with van der Waals surface area (Å²) >= 11 is 0. The average molecular weight is 239 g/mol. The molecule has 1 heterocycles. The molecule has 1 unspecified atom stereocenters. The topological polar surface area (TPSA) is 54.0 Å². The third-order valence-electron chi connectivity index (χ3n) is 3.11. The van der Waals surface area contributed by atoms with Crippen LogP contribution in [0.15, 0.2) is 53.3 Å². The van der Waals surface area contributed by atoms with Gasteiger partial charge in [-0.2, -0.15) is 5.26 Å². The maximum atomic E-state index is 12.0. The molecule has 0 saturated carbocycles. The lowest BCUT2D eigenvalue weighted by Gasteiger charge is -2.23. The largest absolute Gasteiger partial charge is 0.472 e. The summed E-state index contributed by atoms with van der Waals surface area (Å²) in [6.07, 6.45) is 3.44. The lowest BCUT2D eigenvalue weighted by atomic mass is 9.74. The van der Waals surface area contributed by atoms with E-state index in [9.17, 15) is 10.1 Å². The minimum Gasteiger partial charge on any atom is -0.472 e. The molecule has 0 aliphatic carbocycles. The lowest BCUT2D eigenvalue weighted by Crippen LogP contribution is -2.34. The summed E-state index contributed by atoms with van der Waals surface area (Å²) < 4.78 is 5.00. The third-order valence-corrected chi connectivity index (χ3v) is 3.11. The van der Waals surface area contributed by atoms with Gasteiger partial charge in [0.2, 0.25) is 0 Å². The first-order valence-corrected chi connectivity index (χ1v) is 5.68. The second-order valence-corrected chi connectivity index (χ2v) is 4.25. The monoisotopic (exact) mass is 239 g/mol. The highest BCUT2D eigenvalue weighted by Crippen LogP contribution is 2.29. The summed E-state index contributed by atoms with van der Waals surface area (Å²) in [7, 11) is 0. The van der Waals surface area contributed by atoms with Crippen LogP contribution in [0.1, 0.15) is 18.1 Å². The minimum atomic E-state index is -1.13. The minimum absolute atomic E-state index is 0.155. The number of carbonyl (C=O) groups excluding carboxylic acids is 1. The Bertz CT molecular complexity index is 566. The van der Waals surface area contributed by atoms with Crippen molar-refractivity contribution in [3.05, 3.63) is 60.1 Å². The van der Waals surface area contributed by atoms with Crippen LogP contribution in [0, 0.1) is 11.3 Å². The van der Waals surface area contributed by atoms with Gasteiger partial charge in [-0.3, -0.25) is 4.79 Å². The molecule has 90 valence electrons. The Morgan fingerprint density at radius 3 is 2.56 bits per heavy atom. The summed E-state index contributed by atoms with van der Waals surface area (Å²) in [5.74, 6) is -0.155. The van der Waals surface area contributed by atoms with E-state index in [2.05, 4.69) is 6.07 Å². The van der Waals surface area contributed by atoms with Gasteiger partial charge < -0.3 is 4.42 Å². The highest BCUT2D eigenvalue weighted by molar-refractivity contribution is 5.91. The number of furan rings is 1. The highest BCUT2D eigenvalue weighted by atomic mass is 16.3. The van der Waals surface area contributed by atoms with Gasteiger partial charge in [0.05, 0.1) is 18.6 Å². The first-order valence-electron chi connectivity index (χ1n) is 5.68. The molecule has 3 heteroatoms. The lowest BCUT2D eigenvalue weighted by molar-refractivity contribution is -0.120. The fourth-order valence-corrected chi connectivity index (χ4v) is 2.03. The molecule has 2 aromatic rings. The van der Waals surface area contributed by atoms with Gasteiger partial charge in [-0.25, -0.2) is 0 Å². The molecule has 0 aliphatic rings. The Kier molecular flexibility index (Phi) is 3.29. The van der Waals surface area contributed by atoms with E-state index in [1.165, 1.54) is 6.92 Å². The van der Waals surface area contributed by atoms with Crippen LogP contribution in [0.25, 0.3) is 0 Å². The van der Waals surface area contributed by atoms with E-state index in [0.717, 1.165) is 11.1 Å². The number of carbonyl (C=O) groups is 1. The van der Waals surface area contributed by atoms with Crippen molar-refractivity contribution in [2.45, 2.75) is 18.8 Å². The molecule has 1 aromatic carbocycles. The normalized spacial score (nSPS) is 13.6. The second-order valence-electron chi connectivity index (χ2n) is 4.25. The Labute approximate surface area is 106 Å². The number of hydrogen-bond acceptors (Lipinski definition) is 3. The molecule has 0 saturated heterocycles. The molecule has 2 rings (SSSR count). The average Bonchev–Trinajstić information content (AvgIpc) is 2.89. The molecule has 0 aliphatic heterocycles. The van der Waals surface area contributed by atoms with E-state index in [1.54, 1.807) is 18.6 Å². The zero-order chi connectivity index (χ0) is 13.0. The SMILES string of the molecule is CC(=O)C(C#N)(Cc1ccoc1)c1ccccc1. The van der Waals surface area contributed by atoms with Crippen LogP contribution in [0.3, 0.4) is 0 Å². The van der Waals surface area contributed by atoms with Crippen molar-refractivity contribution in [1.82, 2.24) is 0 Å². The summed E-state index contributed by atoms with van der Waals surface area (Å²) in [6, 6.07) is 13.1. The molecule has 1 atom stereocenters. The maximum absolute atomic E-state index is 12.0. The van der Waals surface area contributed by atoms with Crippen molar-refractivity contribution in [2.75, 3.05) is 0 Å². The zero-order valence-electron chi connectivity index (χ0n) is 10.1. The van der Waals surface area contributed by atoms with E-state index in [-0.39, 0.29) is 5.78 Å². The highest BCUT2D eigenvalue weighted by Gasteiger charge is 2.38. The van der Waals surface area contributed by atoms with Crippen LogP contribution in [0.2, 0.25) is 0 Å². The number of nitrogens with zero attached hydrogens (tertiary/aromatic N) is 1. The number of rotatable bonds is 4. The Morgan fingerprint density at radius 2 is 2.06 bits per heavy atom. The summed E-state index contributed by atoms with van der Waals surface area (Å²) in [4.78, 5) is 12.0. The van der Waals surface area contributed by atoms with Crippen molar-refractivity contribution in [2.24, 2.45) is 0 Å². The first kappa shape index (κ1) is 12.1. The van der Waals surface area contributed by atoms with Crippen molar-refractivity contribution in [1.29, 1.82) is 5.26 Å². The maximum Gasteiger partial charge on any atom is 0.154 e. The van der Waals surface area contributed by atoms with Crippen LogP contribution >= 0.6 is 0 Å². The van der Waals surface area contributed by atoms with Crippen molar-refractivity contribution < 1.29 is 9.21 Å². The van der Waals surface area contributed by atoms with E-state index >= 15 is 0 Å². The van der Waals surface area contributed by atoms with Crippen LogP contribution in [0.4, 0.5) is 0 Å². The predicted molar refractivity (Wildman–Crippen MR) is 66.8 cm³/mol. The van der Waals surface area contributed by atoms with Gasteiger partial charge in [0.15, 0.2) is 5.78 Å². The fraction of sp³-hybridized carbons (Fsp3) is 0.200. The van der Waals surface area contributed by atoms with Gasteiger partial charge in [0.1, 0.15) is 5.41 Å². The van der Waals surface area contributed by atoms with Crippen LogP contribution in [-0.4, -0.2) is 5.78 Å². The molecule has 0 N–H and O–H groups in total. The van der Waals surface area contributed by atoms with Crippen LogP contribution < -0.4 is 0 Å². The Morgan fingerprint density at radius 1 is 1.33 bits per heavy atom. The van der Waals surface area contributed by atoms with Gasteiger partial charge in [0.25, 0.3) is 0 Å². The van der Waals surface area contributed by atoms with E-state index in [0.29, 0.717) is 6.42 Å². The van der Waals surface area contributed by atoms with Gasteiger partial charge in [0, 0.05) is 6.42 Å². The fourth-order valence-electron chi connectivity index (χ4n) is 2.03. The summed E-state index contributed by atoms with van der Waals surface area (Å²) in [5, 5.41) is 9.50. The molecule has 18 heavy (non-hydrogen) atoms. The van der Waals surface area contributed by atoms with Crippen molar-refractivity contribution >= 4 is 5.78 Å². The van der Waals surface area contributed by atoms with E-state index in [1.807, 2.05) is 30.3 Å². The zero-order valence-corrected chi connectivity index (χ0v) is 10.1. The van der Waals surface area contributed by atoms with Gasteiger partial charge in [-0.1, -0.05) is 30.3 Å². The number of Topliss-reactive ketones (excluding diaryl/α,β-unsaturated/α-hetero) is 1. The molecule has 0 fully saturated rings.